The second-order valence-corrected chi connectivity index (χ2v) is 4.35. The fraction of sp³-hybridized carbons (Fsp3) is 0.385. The highest BCUT2D eigenvalue weighted by atomic mass is 35.5. The third-order valence-corrected chi connectivity index (χ3v) is 2.80. The number of hydrogen-bond donors (Lipinski definition) is 2. The lowest BCUT2D eigenvalue weighted by atomic mass is 10.2. The summed E-state index contributed by atoms with van der Waals surface area (Å²) in [5.74, 6) is -0.978. The maximum absolute atomic E-state index is 11.7. The van der Waals surface area contributed by atoms with Crippen LogP contribution in [0.2, 0.25) is 5.02 Å². The second-order valence-electron chi connectivity index (χ2n) is 3.94. The maximum atomic E-state index is 11.7. The molecule has 0 spiro atoms. The average molecular weight is 270 g/mol. The number of hydrogen-bond acceptors (Lipinski definition) is 2. The number of nitrogens with one attached hydrogen (secondary N) is 1. The summed E-state index contributed by atoms with van der Waals surface area (Å²) in [7, 11) is 0. The number of carbonyl (C=O) groups is 2. The van der Waals surface area contributed by atoms with Crippen LogP contribution < -0.4 is 5.32 Å². The lowest BCUT2D eigenvalue weighted by molar-refractivity contribution is -0.137. The molecule has 1 rings (SSSR count). The Morgan fingerprint density at radius 2 is 1.89 bits per heavy atom. The van der Waals surface area contributed by atoms with Crippen molar-refractivity contribution < 1.29 is 14.7 Å². The predicted molar refractivity (Wildman–Crippen MR) is 69.9 cm³/mol. The summed E-state index contributed by atoms with van der Waals surface area (Å²) in [6.45, 7) is 0.531. The topological polar surface area (TPSA) is 66.4 Å². The van der Waals surface area contributed by atoms with Gasteiger partial charge in [-0.2, -0.15) is 0 Å². The smallest absolute Gasteiger partial charge is 0.303 e. The molecule has 0 aliphatic heterocycles. The molecule has 0 saturated carbocycles. The Hall–Kier alpha value is -1.55. The quantitative estimate of drug-likeness (QED) is 0.748. The van der Waals surface area contributed by atoms with E-state index in [4.69, 9.17) is 16.7 Å². The molecule has 0 aliphatic carbocycles. The number of aliphatic carboxylic acids is 1. The molecule has 98 valence electrons. The molecule has 18 heavy (non-hydrogen) atoms. The second kappa shape index (κ2) is 7.71. The average Bonchev–Trinajstić information content (AvgIpc) is 2.33. The van der Waals surface area contributed by atoms with Crippen LogP contribution in [-0.4, -0.2) is 23.5 Å². The number of amides is 1. The molecular weight excluding hydrogens is 254 g/mol. The molecule has 0 bridgehead atoms. The Morgan fingerprint density at radius 1 is 1.17 bits per heavy atom. The van der Waals surface area contributed by atoms with Crippen LogP contribution in [0.1, 0.15) is 36.0 Å². The van der Waals surface area contributed by atoms with Crippen molar-refractivity contribution in [1.29, 1.82) is 0 Å². The van der Waals surface area contributed by atoms with E-state index in [0.717, 1.165) is 12.8 Å². The number of benzene rings is 1. The van der Waals surface area contributed by atoms with E-state index >= 15 is 0 Å². The highest BCUT2D eigenvalue weighted by Gasteiger charge is 2.08. The van der Waals surface area contributed by atoms with Gasteiger partial charge in [-0.15, -0.1) is 0 Å². The van der Waals surface area contributed by atoms with E-state index in [1.165, 1.54) is 0 Å². The van der Waals surface area contributed by atoms with E-state index in [1.807, 2.05) is 0 Å². The van der Waals surface area contributed by atoms with Crippen LogP contribution >= 0.6 is 11.6 Å². The Kier molecular flexibility index (Phi) is 6.22. The van der Waals surface area contributed by atoms with E-state index in [9.17, 15) is 9.59 Å². The zero-order valence-electron chi connectivity index (χ0n) is 9.99. The van der Waals surface area contributed by atoms with Crippen molar-refractivity contribution in [3.05, 3.63) is 34.9 Å². The van der Waals surface area contributed by atoms with Gasteiger partial charge in [-0.1, -0.05) is 30.2 Å². The molecule has 1 aromatic rings. The van der Waals surface area contributed by atoms with Crippen LogP contribution in [0.5, 0.6) is 0 Å². The van der Waals surface area contributed by atoms with Crippen molar-refractivity contribution in [2.75, 3.05) is 6.54 Å². The summed E-state index contributed by atoms with van der Waals surface area (Å²) >= 11 is 5.89. The first-order valence-corrected chi connectivity index (χ1v) is 6.23. The van der Waals surface area contributed by atoms with Gasteiger partial charge in [-0.25, -0.2) is 0 Å². The Bertz CT molecular complexity index is 420. The summed E-state index contributed by atoms with van der Waals surface area (Å²) < 4.78 is 0. The van der Waals surface area contributed by atoms with E-state index in [2.05, 4.69) is 5.32 Å². The van der Waals surface area contributed by atoms with Crippen molar-refractivity contribution in [2.24, 2.45) is 0 Å². The molecule has 0 atom stereocenters. The summed E-state index contributed by atoms with van der Waals surface area (Å²) in [5.41, 5.74) is 0.463. The van der Waals surface area contributed by atoms with Gasteiger partial charge in [0.15, 0.2) is 0 Å². The molecule has 0 aliphatic rings. The highest BCUT2D eigenvalue weighted by molar-refractivity contribution is 6.33. The van der Waals surface area contributed by atoms with Gasteiger partial charge >= 0.3 is 5.97 Å². The molecule has 1 aromatic carbocycles. The SMILES string of the molecule is O=C(O)CCCCCNC(=O)c1ccccc1Cl. The molecule has 0 aromatic heterocycles. The minimum atomic E-state index is -0.782. The molecule has 1 amide bonds. The van der Waals surface area contributed by atoms with E-state index in [-0.39, 0.29) is 12.3 Å². The zero-order valence-corrected chi connectivity index (χ0v) is 10.7. The minimum Gasteiger partial charge on any atom is -0.481 e. The third-order valence-electron chi connectivity index (χ3n) is 2.47. The van der Waals surface area contributed by atoms with Gasteiger partial charge in [0.2, 0.25) is 0 Å². The zero-order chi connectivity index (χ0) is 13.4. The Morgan fingerprint density at radius 3 is 2.56 bits per heavy atom. The number of carbonyl (C=O) groups excluding carboxylic acids is 1. The van der Waals surface area contributed by atoms with Crippen LogP contribution in [0.15, 0.2) is 24.3 Å². The molecular formula is C13H16ClNO3. The largest absolute Gasteiger partial charge is 0.481 e. The van der Waals surface area contributed by atoms with Gasteiger partial charge in [0.05, 0.1) is 10.6 Å². The fourth-order valence-corrected chi connectivity index (χ4v) is 1.74. The maximum Gasteiger partial charge on any atom is 0.303 e. The summed E-state index contributed by atoms with van der Waals surface area (Å²) in [5, 5.41) is 11.6. The number of halogens is 1. The van der Waals surface area contributed by atoms with Gasteiger partial charge < -0.3 is 10.4 Å². The van der Waals surface area contributed by atoms with Crippen molar-refractivity contribution >= 4 is 23.5 Å². The molecule has 0 radical (unpaired) electrons. The molecule has 2 N–H and O–H groups in total. The van der Waals surface area contributed by atoms with Gasteiger partial charge in [0.1, 0.15) is 0 Å². The van der Waals surface area contributed by atoms with Crippen LogP contribution in [0, 0.1) is 0 Å². The van der Waals surface area contributed by atoms with Gasteiger partial charge in [0.25, 0.3) is 5.91 Å². The third kappa shape index (κ3) is 5.19. The Balaban J connectivity index is 2.22. The van der Waals surface area contributed by atoms with Crippen LogP contribution in [0.3, 0.4) is 0 Å². The molecule has 0 saturated heterocycles. The van der Waals surface area contributed by atoms with Crippen molar-refractivity contribution in [1.82, 2.24) is 5.32 Å². The first kappa shape index (κ1) is 14.5. The number of unbranched alkanes of at least 4 members (excludes halogenated alkanes) is 2. The molecule has 5 heteroatoms. The standard InChI is InChI=1S/C13H16ClNO3/c14-11-7-4-3-6-10(11)13(18)15-9-5-1-2-8-12(16)17/h3-4,6-7H,1-2,5,8-9H2,(H,15,18)(H,16,17). The molecule has 0 heterocycles. The van der Waals surface area contributed by atoms with Gasteiger partial charge in [-0.05, 0) is 25.0 Å². The Labute approximate surface area is 111 Å². The lowest BCUT2D eigenvalue weighted by Gasteiger charge is -2.06. The van der Waals surface area contributed by atoms with Crippen LogP contribution in [0.25, 0.3) is 0 Å². The number of carboxylic acid groups (broad SMARTS) is 1. The molecule has 0 fully saturated rings. The number of carboxylic acids is 1. The van der Waals surface area contributed by atoms with Crippen LogP contribution in [0.4, 0.5) is 0 Å². The van der Waals surface area contributed by atoms with Crippen LogP contribution in [-0.2, 0) is 4.79 Å². The fourth-order valence-electron chi connectivity index (χ4n) is 1.52. The van der Waals surface area contributed by atoms with Gasteiger partial charge in [0, 0.05) is 13.0 Å². The van der Waals surface area contributed by atoms with E-state index < -0.39 is 5.97 Å². The van der Waals surface area contributed by atoms with Crippen molar-refractivity contribution in [3.8, 4) is 0 Å². The van der Waals surface area contributed by atoms with E-state index in [0.29, 0.717) is 23.6 Å². The monoisotopic (exact) mass is 269 g/mol. The van der Waals surface area contributed by atoms with Gasteiger partial charge in [-0.3, -0.25) is 9.59 Å². The minimum absolute atomic E-state index is 0.179. The number of rotatable bonds is 7. The summed E-state index contributed by atoms with van der Waals surface area (Å²) in [6, 6.07) is 6.87. The summed E-state index contributed by atoms with van der Waals surface area (Å²) in [4.78, 5) is 22.0. The van der Waals surface area contributed by atoms with Crippen molar-refractivity contribution in [3.63, 3.8) is 0 Å². The highest BCUT2D eigenvalue weighted by Crippen LogP contribution is 2.14. The first-order chi connectivity index (χ1) is 8.61. The predicted octanol–water partition coefficient (Wildman–Crippen LogP) is 2.71. The molecule has 4 nitrogen and oxygen atoms in total. The van der Waals surface area contributed by atoms with E-state index in [1.54, 1.807) is 24.3 Å². The van der Waals surface area contributed by atoms with Crippen molar-refractivity contribution in [2.45, 2.75) is 25.7 Å². The first-order valence-electron chi connectivity index (χ1n) is 5.86. The molecule has 0 unspecified atom stereocenters. The lowest BCUT2D eigenvalue weighted by Crippen LogP contribution is -2.24. The normalized spacial score (nSPS) is 10.1. The summed E-state index contributed by atoms with van der Waals surface area (Å²) in [6.07, 6.45) is 2.37.